The number of benzene rings is 1. The molecule has 24 heavy (non-hydrogen) atoms. The molecule has 1 heterocycles. The number of aryl methyl sites for hydroxylation is 1. The van der Waals surface area contributed by atoms with Gasteiger partial charge >= 0.3 is 11.9 Å². The van der Waals surface area contributed by atoms with Crippen molar-refractivity contribution in [3.63, 3.8) is 0 Å². The van der Waals surface area contributed by atoms with Crippen LogP contribution in [0.15, 0.2) is 30.3 Å². The number of carbonyl (C=O) groups is 3. The number of nitrogens with one attached hydrogen (secondary N) is 1. The first kappa shape index (κ1) is 17.5. The van der Waals surface area contributed by atoms with E-state index < -0.39 is 18.0 Å². The minimum absolute atomic E-state index is 0.139. The zero-order valence-corrected chi connectivity index (χ0v) is 14.0. The van der Waals surface area contributed by atoms with E-state index >= 15 is 0 Å². The van der Waals surface area contributed by atoms with Gasteiger partial charge in [0.1, 0.15) is 5.69 Å². The van der Waals surface area contributed by atoms with Crippen LogP contribution >= 0.6 is 0 Å². The van der Waals surface area contributed by atoms with Crippen molar-refractivity contribution in [2.24, 2.45) is 0 Å². The van der Waals surface area contributed by atoms with Crippen LogP contribution in [-0.2, 0) is 9.47 Å². The van der Waals surface area contributed by atoms with Gasteiger partial charge in [-0.1, -0.05) is 30.3 Å². The molecule has 1 atom stereocenters. The minimum atomic E-state index is -0.940. The summed E-state index contributed by atoms with van der Waals surface area (Å²) >= 11 is 0. The van der Waals surface area contributed by atoms with Crippen LogP contribution in [0.1, 0.15) is 49.4 Å². The number of ether oxygens (including phenoxy) is 2. The molecule has 2 rings (SSSR count). The second-order valence-corrected chi connectivity index (χ2v) is 5.39. The van der Waals surface area contributed by atoms with Crippen LogP contribution in [0.5, 0.6) is 0 Å². The summed E-state index contributed by atoms with van der Waals surface area (Å²) in [6, 6.07) is 8.59. The molecule has 0 aliphatic carbocycles. The van der Waals surface area contributed by atoms with Gasteiger partial charge in [0.05, 0.1) is 12.7 Å². The average molecular weight is 329 g/mol. The number of esters is 2. The molecule has 1 aromatic carbocycles. The maximum Gasteiger partial charge on any atom is 0.355 e. The lowest BCUT2D eigenvalue weighted by Gasteiger charge is -2.12. The number of aromatic amines is 1. The predicted octanol–water partition coefficient (Wildman–Crippen LogP) is 2.85. The van der Waals surface area contributed by atoms with E-state index in [0.717, 1.165) is 0 Å². The van der Waals surface area contributed by atoms with Crippen molar-refractivity contribution in [3.8, 4) is 0 Å². The number of carbonyl (C=O) groups excluding carboxylic acids is 3. The van der Waals surface area contributed by atoms with Crippen molar-refractivity contribution in [1.82, 2.24) is 4.98 Å². The SMILES string of the molecule is COC(=O)c1c(C)[nH]c(C(=O)O[C@H](C)C(=O)c2ccccc2)c1C. The predicted molar refractivity (Wildman–Crippen MR) is 87.3 cm³/mol. The Balaban J connectivity index is 2.18. The van der Waals surface area contributed by atoms with Gasteiger partial charge in [0.2, 0.25) is 5.78 Å². The van der Waals surface area contributed by atoms with Crippen LogP contribution in [-0.4, -0.2) is 35.9 Å². The highest BCUT2D eigenvalue weighted by Gasteiger charge is 2.26. The molecule has 2 aromatic rings. The maximum absolute atomic E-state index is 12.3. The highest BCUT2D eigenvalue weighted by molar-refractivity contribution is 6.02. The third kappa shape index (κ3) is 3.37. The van der Waals surface area contributed by atoms with Crippen molar-refractivity contribution in [2.45, 2.75) is 26.9 Å². The van der Waals surface area contributed by atoms with E-state index in [4.69, 9.17) is 9.47 Å². The number of Topliss-reactive ketones (excluding diaryl/α,β-unsaturated/α-hetero) is 1. The normalized spacial score (nSPS) is 11.7. The van der Waals surface area contributed by atoms with Crippen LogP contribution in [0, 0.1) is 13.8 Å². The zero-order valence-electron chi connectivity index (χ0n) is 14.0. The van der Waals surface area contributed by atoms with Crippen molar-refractivity contribution in [2.75, 3.05) is 7.11 Å². The van der Waals surface area contributed by atoms with E-state index in [1.165, 1.54) is 14.0 Å². The third-order valence-electron chi connectivity index (χ3n) is 3.74. The van der Waals surface area contributed by atoms with Gasteiger partial charge in [-0.2, -0.15) is 0 Å². The smallest absolute Gasteiger partial charge is 0.355 e. The summed E-state index contributed by atoms with van der Waals surface area (Å²) in [7, 11) is 1.27. The molecule has 6 nitrogen and oxygen atoms in total. The molecule has 6 heteroatoms. The Morgan fingerprint density at radius 3 is 2.25 bits per heavy atom. The van der Waals surface area contributed by atoms with Gasteiger partial charge in [0.15, 0.2) is 6.10 Å². The lowest BCUT2D eigenvalue weighted by atomic mass is 10.1. The Labute approximate surface area is 139 Å². The van der Waals surface area contributed by atoms with Crippen LogP contribution in [0.25, 0.3) is 0 Å². The van der Waals surface area contributed by atoms with Crippen LogP contribution < -0.4 is 0 Å². The third-order valence-corrected chi connectivity index (χ3v) is 3.74. The van der Waals surface area contributed by atoms with Crippen LogP contribution in [0.3, 0.4) is 0 Å². The lowest BCUT2D eigenvalue weighted by molar-refractivity contribution is 0.0313. The Morgan fingerprint density at radius 1 is 1.04 bits per heavy atom. The summed E-state index contributed by atoms with van der Waals surface area (Å²) in [5, 5.41) is 0. The van der Waals surface area contributed by atoms with E-state index in [2.05, 4.69) is 4.98 Å². The summed E-state index contributed by atoms with van der Waals surface area (Å²) in [6.07, 6.45) is -0.940. The molecule has 0 bridgehead atoms. The van der Waals surface area contributed by atoms with Crippen molar-refractivity contribution >= 4 is 17.7 Å². The quantitative estimate of drug-likeness (QED) is 0.673. The number of H-pyrrole nitrogens is 1. The number of methoxy groups -OCH3 is 1. The molecule has 1 aromatic heterocycles. The Hall–Kier alpha value is -2.89. The fraction of sp³-hybridized carbons (Fsp3) is 0.278. The minimum Gasteiger partial charge on any atom is -0.465 e. The number of rotatable bonds is 5. The van der Waals surface area contributed by atoms with Crippen LogP contribution in [0.2, 0.25) is 0 Å². The molecular formula is C18H19NO5. The topological polar surface area (TPSA) is 85.5 Å². The number of aromatic nitrogens is 1. The molecule has 0 spiro atoms. The van der Waals surface area contributed by atoms with Gasteiger partial charge in [-0.25, -0.2) is 9.59 Å². The lowest BCUT2D eigenvalue weighted by Crippen LogP contribution is -2.25. The molecular weight excluding hydrogens is 310 g/mol. The number of hydrogen-bond donors (Lipinski definition) is 1. The van der Waals surface area contributed by atoms with E-state index in [-0.39, 0.29) is 11.5 Å². The van der Waals surface area contributed by atoms with E-state index in [9.17, 15) is 14.4 Å². The van der Waals surface area contributed by atoms with Crippen molar-refractivity contribution in [1.29, 1.82) is 0 Å². The molecule has 126 valence electrons. The van der Waals surface area contributed by atoms with Crippen molar-refractivity contribution in [3.05, 3.63) is 58.4 Å². The second-order valence-electron chi connectivity index (χ2n) is 5.39. The summed E-state index contributed by atoms with van der Waals surface area (Å²) in [5.74, 6) is -1.52. The fourth-order valence-corrected chi connectivity index (χ4v) is 2.47. The van der Waals surface area contributed by atoms with Gasteiger partial charge < -0.3 is 14.5 Å². The Morgan fingerprint density at radius 2 is 1.67 bits per heavy atom. The first-order chi connectivity index (χ1) is 11.4. The first-order valence-corrected chi connectivity index (χ1v) is 7.44. The van der Waals surface area contributed by atoms with Crippen LogP contribution in [0.4, 0.5) is 0 Å². The molecule has 0 fully saturated rings. The Bertz CT molecular complexity index is 776. The fourth-order valence-electron chi connectivity index (χ4n) is 2.47. The zero-order chi connectivity index (χ0) is 17.9. The number of ketones is 1. The van der Waals surface area contributed by atoms with Gasteiger partial charge in [-0.3, -0.25) is 4.79 Å². The first-order valence-electron chi connectivity index (χ1n) is 7.44. The van der Waals surface area contributed by atoms with Gasteiger partial charge in [0, 0.05) is 11.3 Å². The van der Waals surface area contributed by atoms with E-state index in [1.807, 2.05) is 0 Å². The van der Waals surface area contributed by atoms with Crippen molar-refractivity contribution < 1.29 is 23.9 Å². The maximum atomic E-state index is 12.3. The monoisotopic (exact) mass is 329 g/mol. The van der Waals surface area contributed by atoms with Gasteiger partial charge in [-0.05, 0) is 26.3 Å². The highest BCUT2D eigenvalue weighted by atomic mass is 16.5. The Kier molecular flexibility index (Phi) is 5.18. The standard InChI is InChI=1S/C18H19NO5/c1-10-14(17(21)23-4)11(2)19-15(10)18(22)24-12(3)16(20)13-8-6-5-7-9-13/h5-9,12,19H,1-4H3/t12-/m1/s1. The number of hydrogen-bond acceptors (Lipinski definition) is 5. The van der Waals surface area contributed by atoms with Gasteiger partial charge in [-0.15, -0.1) is 0 Å². The molecule has 0 saturated heterocycles. The van der Waals surface area contributed by atoms with Gasteiger partial charge in [0.25, 0.3) is 0 Å². The second kappa shape index (κ2) is 7.12. The summed E-state index contributed by atoms with van der Waals surface area (Å²) in [6.45, 7) is 4.80. The molecule has 0 aliphatic rings. The molecule has 1 N–H and O–H groups in total. The molecule has 0 radical (unpaired) electrons. The summed E-state index contributed by atoms with van der Waals surface area (Å²) in [4.78, 5) is 39.2. The molecule has 0 saturated carbocycles. The van der Waals surface area contributed by atoms with E-state index in [0.29, 0.717) is 22.4 Å². The largest absolute Gasteiger partial charge is 0.465 e. The summed E-state index contributed by atoms with van der Waals surface area (Å²) < 4.78 is 9.95. The van der Waals surface area contributed by atoms with E-state index in [1.54, 1.807) is 44.2 Å². The molecule has 0 aliphatic heterocycles. The highest BCUT2D eigenvalue weighted by Crippen LogP contribution is 2.20. The molecule has 0 unspecified atom stereocenters. The summed E-state index contributed by atoms with van der Waals surface area (Å²) in [5.41, 5.74) is 1.84. The average Bonchev–Trinajstić information content (AvgIpc) is 2.88. The molecule has 0 amide bonds.